The highest BCUT2D eigenvalue weighted by atomic mass is 19.4. The molecule has 3 unspecified atom stereocenters. The maximum atomic E-state index is 13.0. The van der Waals surface area contributed by atoms with Gasteiger partial charge in [0, 0.05) is 17.6 Å². The number of carbonyl (C=O) groups is 2. The van der Waals surface area contributed by atoms with Crippen LogP contribution in [0.15, 0.2) is 24.3 Å². The number of rotatable bonds is 4. The van der Waals surface area contributed by atoms with Crippen LogP contribution in [0.25, 0.3) is 0 Å². The molecule has 2 heterocycles. The predicted molar refractivity (Wildman–Crippen MR) is 95.1 cm³/mol. The highest BCUT2D eigenvalue weighted by Crippen LogP contribution is 2.42. The minimum Gasteiger partial charge on any atom is -0.480 e. The quantitative estimate of drug-likeness (QED) is 0.535. The second-order valence-electron chi connectivity index (χ2n) is 7.85. The van der Waals surface area contributed by atoms with Crippen molar-refractivity contribution in [1.82, 2.24) is 10.3 Å². The molecule has 2 fully saturated rings. The number of piperidine rings is 2. The molecule has 2 bridgehead atoms. The minimum atomic E-state index is -4.45. The number of carbonyl (C=O) groups excluding carboxylic acids is 1. The van der Waals surface area contributed by atoms with Crippen molar-refractivity contribution in [2.24, 2.45) is 11.8 Å². The van der Waals surface area contributed by atoms with Gasteiger partial charge in [-0.3, -0.25) is 15.4 Å². The average molecular weight is 399 g/mol. The SMILES string of the molecule is CC(NN)(C(=O)O)C1CC2CCCC(C1)N2C(=O)c1ccc(C(F)(F)F)cc1. The van der Waals surface area contributed by atoms with Crippen molar-refractivity contribution in [3.63, 3.8) is 0 Å². The number of nitrogens with zero attached hydrogens (tertiary/aromatic N) is 1. The number of nitrogens with two attached hydrogens (primary N) is 1. The fraction of sp³-hybridized carbons (Fsp3) is 0.579. The Kier molecular flexibility index (Phi) is 5.42. The van der Waals surface area contributed by atoms with Crippen LogP contribution in [0.2, 0.25) is 0 Å². The van der Waals surface area contributed by atoms with Crippen LogP contribution in [0.4, 0.5) is 13.2 Å². The van der Waals surface area contributed by atoms with Crippen LogP contribution in [0.3, 0.4) is 0 Å². The average Bonchev–Trinajstić information content (AvgIpc) is 2.65. The van der Waals surface area contributed by atoms with E-state index in [-0.39, 0.29) is 29.5 Å². The number of carboxylic acids is 1. The lowest BCUT2D eigenvalue weighted by atomic mass is 9.70. The Balaban J connectivity index is 1.82. The van der Waals surface area contributed by atoms with Crippen molar-refractivity contribution in [2.45, 2.75) is 62.8 Å². The van der Waals surface area contributed by atoms with Gasteiger partial charge in [0.05, 0.1) is 5.56 Å². The molecule has 6 nitrogen and oxygen atoms in total. The van der Waals surface area contributed by atoms with Crippen LogP contribution in [-0.2, 0) is 11.0 Å². The van der Waals surface area contributed by atoms with Crippen LogP contribution in [0, 0.1) is 5.92 Å². The molecule has 0 radical (unpaired) electrons. The molecule has 1 aromatic carbocycles. The smallest absolute Gasteiger partial charge is 0.416 e. The molecule has 9 heteroatoms. The molecule has 1 amide bonds. The van der Waals surface area contributed by atoms with Crippen molar-refractivity contribution in [1.29, 1.82) is 0 Å². The van der Waals surface area contributed by atoms with Crippen LogP contribution < -0.4 is 11.3 Å². The number of hydrogen-bond donors (Lipinski definition) is 3. The third-order valence-electron chi connectivity index (χ3n) is 6.23. The summed E-state index contributed by atoms with van der Waals surface area (Å²) in [5.74, 6) is 3.93. The Hall–Kier alpha value is -2.13. The van der Waals surface area contributed by atoms with E-state index in [1.165, 1.54) is 12.1 Å². The summed E-state index contributed by atoms with van der Waals surface area (Å²) < 4.78 is 38.3. The van der Waals surface area contributed by atoms with E-state index in [4.69, 9.17) is 5.84 Å². The van der Waals surface area contributed by atoms with Gasteiger partial charge in [-0.25, -0.2) is 5.43 Å². The fourth-order valence-corrected chi connectivity index (χ4v) is 4.49. The first-order valence-electron chi connectivity index (χ1n) is 9.29. The van der Waals surface area contributed by atoms with Gasteiger partial charge < -0.3 is 10.0 Å². The van der Waals surface area contributed by atoms with Crippen molar-refractivity contribution in [2.75, 3.05) is 0 Å². The van der Waals surface area contributed by atoms with Crippen molar-refractivity contribution in [3.05, 3.63) is 35.4 Å². The number of nitrogens with one attached hydrogen (secondary N) is 1. The highest BCUT2D eigenvalue weighted by molar-refractivity contribution is 5.95. The standard InChI is InChI=1S/C19H24F3N3O3/c1-18(24-23,17(27)28)13-9-14-3-2-4-15(10-13)25(14)16(26)11-5-7-12(8-6-11)19(20,21)22/h5-8,13-15,24H,2-4,9-10,23H2,1H3,(H,27,28). The molecule has 3 atom stereocenters. The largest absolute Gasteiger partial charge is 0.480 e. The molecule has 0 spiro atoms. The first-order valence-corrected chi connectivity index (χ1v) is 9.29. The van der Waals surface area contributed by atoms with Gasteiger partial charge >= 0.3 is 12.1 Å². The topological polar surface area (TPSA) is 95.7 Å². The maximum absolute atomic E-state index is 13.0. The van der Waals surface area contributed by atoms with Gasteiger partial charge in [-0.2, -0.15) is 13.2 Å². The third-order valence-corrected chi connectivity index (χ3v) is 6.23. The van der Waals surface area contributed by atoms with E-state index in [1.807, 2.05) is 0 Å². The Morgan fingerprint density at radius 2 is 1.68 bits per heavy atom. The number of benzene rings is 1. The zero-order valence-electron chi connectivity index (χ0n) is 15.5. The summed E-state index contributed by atoms with van der Waals surface area (Å²) in [6.45, 7) is 1.54. The minimum absolute atomic E-state index is 0.153. The van der Waals surface area contributed by atoms with Gasteiger partial charge in [0.2, 0.25) is 0 Å². The van der Waals surface area contributed by atoms with E-state index in [1.54, 1.807) is 11.8 Å². The monoisotopic (exact) mass is 399 g/mol. The number of alkyl halides is 3. The number of fused-ring (bicyclic) bond motifs is 2. The number of hydrogen-bond acceptors (Lipinski definition) is 4. The molecular formula is C19H24F3N3O3. The van der Waals surface area contributed by atoms with Gasteiger partial charge in [0.25, 0.3) is 5.91 Å². The summed E-state index contributed by atoms with van der Waals surface area (Å²) in [6.07, 6.45) is -1.09. The van der Waals surface area contributed by atoms with Gasteiger partial charge in [-0.1, -0.05) is 0 Å². The van der Waals surface area contributed by atoms with E-state index in [9.17, 15) is 27.9 Å². The van der Waals surface area contributed by atoms with E-state index in [2.05, 4.69) is 5.43 Å². The number of halogens is 3. The highest BCUT2D eigenvalue weighted by Gasteiger charge is 2.49. The molecule has 0 saturated carbocycles. The Morgan fingerprint density at radius 3 is 2.11 bits per heavy atom. The lowest BCUT2D eigenvalue weighted by molar-refractivity contribution is -0.148. The third kappa shape index (κ3) is 3.60. The zero-order valence-corrected chi connectivity index (χ0v) is 15.5. The molecule has 28 heavy (non-hydrogen) atoms. The molecule has 0 aliphatic carbocycles. The predicted octanol–water partition coefficient (Wildman–Crippen LogP) is 2.79. The molecule has 4 N–H and O–H groups in total. The first kappa shape index (κ1) is 20.6. The van der Waals surface area contributed by atoms with E-state index >= 15 is 0 Å². The van der Waals surface area contributed by atoms with Crippen molar-refractivity contribution >= 4 is 11.9 Å². The van der Waals surface area contributed by atoms with E-state index in [0.29, 0.717) is 12.8 Å². The van der Waals surface area contributed by atoms with Crippen LogP contribution >= 0.6 is 0 Å². The second kappa shape index (κ2) is 7.36. The molecule has 0 aromatic heterocycles. The number of amides is 1. The molecule has 2 aliphatic heterocycles. The summed E-state index contributed by atoms with van der Waals surface area (Å²) in [5, 5.41) is 9.58. The van der Waals surface area contributed by atoms with Gasteiger partial charge in [-0.05, 0) is 69.2 Å². The first-order chi connectivity index (χ1) is 13.1. The summed E-state index contributed by atoms with van der Waals surface area (Å²) >= 11 is 0. The normalized spacial score (nSPS) is 27.2. The lowest BCUT2D eigenvalue weighted by Crippen LogP contribution is -2.64. The Labute approximate surface area is 160 Å². The zero-order chi connectivity index (χ0) is 20.7. The summed E-state index contributed by atoms with van der Waals surface area (Å²) in [4.78, 5) is 26.5. The number of hydrazine groups is 1. The van der Waals surface area contributed by atoms with Crippen LogP contribution in [0.1, 0.15) is 54.9 Å². The second-order valence-corrected chi connectivity index (χ2v) is 7.85. The van der Waals surface area contributed by atoms with E-state index < -0.39 is 23.2 Å². The molecule has 1 aromatic rings. The Morgan fingerprint density at radius 1 is 1.14 bits per heavy atom. The van der Waals surface area contributed by atoms with Crippen molar-refractivity contribution < 1.29 is 27.9 Å². The maximum Gasteiger partial charge on any atom is 0.416 e. The lowest BCUT2D eigenvalue weighted by Gasteiger charge is -2.51. The fourth-order valence-electron chi connectivity index (χ4n) is 4.49. The molecular weight excluding hydrogens is 375 g/mol. The Bertz CT molecular complexity index is 739. The molecule has 2 aliphatic rings. The van der Waals surface area contributed by atoms with E-state index in [0.717, 1.165) is 31.4 Å². The van der Waals surface area contributed by atoms with Crippen LogP contribution in [0.5, 0.6) is 0 Å². The summed E-state index contributed by atoms with van der Waals surface area (Å²) in [6, 6.07) is 3.93. The van der Waals surface area contributed by atoms with Gasteiger partial charge in [-0.15, -0.1) is 0 Å². The van der Waals surface area contributed by atoms with Gasteiger partial charge in [0.15, 0.2) is 0 Å². The summed E-state index contributed by atoms with van der Waals surface area (Å²) in [5.41, 5.74) is 0.542. The van der Waals surface area contributed by atoms with Gasteiger partial charge in [0.1, 0.15) is 5.54 Å². The molecule has 2 saturated heterocycles. The molecule has 3 rings (SSSR count). The number of aliphatic carboxylic acids is 1. The molecule has 154 valence electrons. The van der Waals surface area contributed by atoms with Crippen molar-refractivity contribution in [3.8, 4) is 0 Å². The number of carboxylic acid groups (broad SMARTS) is 1. The summed E-state index contributed by atoms with van der Waals surface area (Å²) in [7, 11) is 0. The van der Waals surface area contributed by atoms with Crippen LogP contribution in [-0.4, -0.2) is 39.5 Å².